The number of allylic oxidation sites excluding steroid dienone is 1. The molecule has 0 saturated carbocycles. The van der Waals surface area contributed by atoms with Crippen molar-refractivity contribution in [3.63, 3.8) is 0 Å². The molecular weight excluding hydrogens is 388 g/mol. The van der Waals surface area contributed by atoms with Crippen molar-refractivity contribution in [3.8, 4) is 0 Å². The second-order valence-electron chi connectivity index (χ2n) is 8.01. The van der Waals surface area contributed by atoms with E-state index in [0.717, 1.165) is 22.6 Å². The van der Waals surface area contributed by atoms with E-state index in [1.165, 1.54) is 0 Å². The highest BCUT2D eigenvalue weighted by molar-refractivity contribution is 6.06. The van der Waals surface area contributed by atoms with Gasteiger partial charge in [0.15, 0.2) is 5.78 Å². The molecule has 1 aliphatic heterocycles. The van der Waals surface area contributed by atoms with Crippen LogP contribution in [-0.4, -0.2) is 11.7 Å². The summed E-state index contributed by atoms with van der Waals surface area (Å²) in [5, 5.41) is 3.52. The third kappa shape index (κ3) is 3.36. The number of hydrogen-bond donors (Lipinski definition) is 1. The van der Waals surface area contributed by atoms with Crippen LogP contribution in [0.5, 0.6) is 0 Å². The Labute approximate surface area is 181 Å². The van der Waals surface area contributed by atoms with Crippen LogP contribution in [0.4, 0.5) is 11.4 Å². The van der Waals surface area contributed by atoms with Gasteiger partial charge in [-0.25, -0.2) is 0 Å². The number of furan rings is 1. The number of ketones is 1. The van der Waals surface area contributed by atoms with Gasteiger partial charge in [-0.1, -0.05) is 49.4 Å². The van der Waals surface area contributed by atoms with E-state index in [2.05, 4.69) is 17.4 Å². The van der Waals surface area contributed by atoms with E-state index < -0.39 is 6.04 Å². The van der Waals surface area contributed by atoms with Gasteiger partial charge in [0.1, 0.15) is 11.8 Å². The lowest BCUT2D eigenvalue weighted by molar-refractivity contribution is -0.119. The summed E-state index contributed by atoms with van der Waals surface area (Å²) in [5.74, 6) is 0.685. The normalized spacial score (nSPS) is 20.5. The van der Waals surface area contributed by atoms with E-state index >= 15 is 0 Å². The molecule has 156 valence electrons. The van der Waals surface area contributed by atoms with Gasteiger partial charge in [0.25, 0.3) is 0 Å². The maximum absolute atomic E-state index is 13.6. The van der Waals surface area contributed by atoms with E-state index in [1.54, 1.807) is 17.2 Å². The Morgan fingerprint density at radius 2 is 1.81 bits per heavy atom. The summed E-state index contributed by atoms with van der Waals surface area (Å²) >= 11 is 0. The van der Waals surface area contributed by atoms with Crippen LogP contribution in [0, 0.1) is 0 Å². The first-order chi connectivity index (χ1) is 15.2. The number of amides is 1. The molecule has 1 N–H and O–H groups in total. The second kappa shape index (κ2) is 7.91. The summed E-state index contributed by atoms with van der Waals surface area (Å²) in [6.07, 6.45) is 3.03. The molecule has 1 aliphatic carbocycles. The average Bonchev–Trinajstić information content (AvgIpc) is 3.28. The molecule has 2 aliphatic rings. The van der Waals surface area contributed by atoms with Crippen molar-refractivity contribution in [2.75, 3.05) is 10.2 Å². The third-order valence-electron chi connectivity index (χ3n) is 6.14. The zero-order valence-corrected chi connectivity index (χ0v) is 17.4. The SMILES string of the molecule is CCC(=O)N1c2ccccc2NC2=C(C(=O)C[C@@H](c3ccccc3)C2)[C@H]1c1ccco1. The maximum Gasteiger partial charge on any atom is 0.227 e. The fourth-order valence-electron chi connectivity index (χ4n) is 4.71. The van der Waals surface area contributed by atoms with Crippen LogP contribution < -0.4 is 10.2 Å². The molecule has 1 amide bonds. The molecule has 0 unspecified atom stereocenters. The Morgan fingerprint density at radius 3 is 2.55 bits per heavy atom. The van der Waals surface area contributed by atoms with Crippen LogP contribution in [-0.2, 0) is 9.59 Å². The van der Waals surface area contributed by atoms with Gasteiger partial charge in [-0.05, 0) is 42.2 Å². The fraction of sp³-hybridized carbons (Fsp3) is 0.231. The number of anilines is 2. The van der Waals surface area contributed by atoms with Gasteiger partial charge in [0, 0.05) is 24.1 Å². The van der Waals surface area contributed by atoms with Gasteiger partial charge in [0.05, 0.1) is 17.6 Å². The van der Waals surface area contributed by atoms with Crippen molar-refractivity contribution < 1.29 is 14.0 Å². The second-order valence-corrected chi connectivity index (χ2v) is 8.01. The smallest absolute Gasteiger partial charge is 0.227 e. The summed E-state index contributed by atoms with van der Waals surface area (Å²) < 4.78 is 5.77. The van der Waals surface area contributed by atoms with Gasteiger partial charge in [-0.15, -0.1) is 0 Å². The van der Waals surface area contributed by atoms with E-state index in [0.29, 0.717) is 30.6 Å². The van der Waals surface area contributed by atoms with E-state index in [-0.39, 0.29) is 17.6 Å². The first kappa shape index (κ1) is 19.4. The lowest BCUT2D eigenvalue weighted by Crippen LogP contribution is -2.38. The monoisotopic (exact) mass is 412 g/mol. The molecule has 0 radical (unpaired) electrons. The third-order valence-corrected chi connectivity index (χ3v) is 6.14. The average molecular weight is 412 g/mol. The molecule has 5 nitrogen and oxygen atoms in total. The Morgan fingerprint density at radius 1 is 1.03 bits per heavy atom. The predicted molar refractivity (Wildman–Crippen MR) is 120 cm³/mol. The van der Waals surface area contributed by atoms with Gasteiger partial charge in [0.2, 0.25) is 5.91 Å². The largest absolute Gasteiger partial charge is 0.467 e. The Balaban J connectivity index is 1.70. The number of rotatable bonds is 3. The maximum atomic E-state index is 13.6. The van der Waals surface area contributed by atoms with Crippen LogP contribution in [0.15, 0.2) is 88.7 Å². The molecular formula is C26H24N2O3. The highest BCUT2D eigenvalue weighted by atomic mass is 16.3. The Bertz CT molecular complexity index is 1150. The van der Waals surface area contributed by atoms with Crippen LogP contribution in [0.25, 0.3) is 0 Å². The van der Waals surface area contributed by atoms with Crippen LogP contribution in [0.3, 0.4) is 0 Å². The van der Waals surface area contributed by atoms with Gasteiger partial charge in [-0.3, -0.25) is 14.5 Å². The number of fused-ring (bicyclic) bond motifs is 1. The minimum atomic E-state index is -0.585. The topological polar surface area (TPSA) is 62.6 Å². The molecule has 2 atom stereocenters. The van der Waals surface area contributed by atoms with E-state index in [9.17, 15) is 9.59 Å². The predicted octanol–water partition coefficient (Wildman–Crippen LogP) is 5.59. The number of hydrogen-bond acceptors (Lipinski definition) is 4. The number of nitrogens with zero attached hydrogens (tertiary/aromatic N) is 1. The molecule has 2 aromatic carbocycles. The standard InChI is InChI=1S/C26H24N2O3/c1-2-24(30)28-21-12-7-6-11-19(21)27-20-15-18(17-9-4-3-5-10-17)16-22(29)25(20)26(28)23-13-8-14-31-23/h3-14,18,26-27H,2,15-16H2,1H3/t18-,26+/m0/s1. The first-order valence-electron chi connectivity index (χ1n) is 10.7. The number of Topliss-reactive ketones (excluding diaryl/α,β-unsaturated/α-hetero) is 1. The summed E-state index contributed by atoms with van der Waals surface area (Å²) in [7, 11) is 0. The van der Waals surface area contributed by atoms with Crippen molar-refractivity contribution >= 4 is 23.1 Å². The molecule has 3 aromatic rings. The number of carbonyl (C=O) groups is 2. The Hall–Kier alpha value is -3.60. The zero-order chi connectivity index (χ0) is 21.4. The summed E-state index contributed by atoms with van der Waals surface area (Å²) in [4.78, 5) is 28.5. The van der Waals surface area contributed by atoms with Crippen LogP contribution in [0.2, 0.25) is 0 Å². The molecule has 5 rings (SSSR count). The van der Waals surface area contributed by atoms with Gasteiger partial charge < -0.3 is 9.73 Å². The number of carbonyl (C=O) groups excluding carboxylic acids is 2. The van der Waals surface area contributed by atoms with E-state index in [1.807, 2.05) is 55.5 Å². The van der Waals surface area contributed by atoms with Crippen molar-refractivity contribution in [3.05, 3.63) is 95.6 Å². The van der Waals surface area contributed by atoms with Gasteiger partial charge >= 0.3 is 0 Å². The minimum Gasteiger partial charge on any atom is -0.467 e. The summed E-state index contributed by atoms with van der Waals surface area (Å²) in [6.45, 7) is 1.84. The molecule has 5 heteroatoms. The number of para-hydroxylation sites is 2. The lowest BCUT2D eigenvalue weighted by atomic mass is 9.79. The molecule has 0 bridgehead atoms. The quantitative estimate of drug-likeness (QED) is 0.609. The molecule has 1 aromatic heterocycles. The van der Waals surface area contributed by atoms with Crippen LogP contribution in [0.1, 0.15) is 49.5 Å². The number of nitrogens with one attached hydrogen (secondary N) is 1. The van der Waals surface area contributed by atoms with Gasteiger partial charge in [-0.2, -0.15) is 0 Å². The molecule has 2 heterocycles. The Kier molecular flexibility index (Phi) is 4.94. The first-order valence-corrected chi connectivity index (χ1v) is 10.7. The summed E-state index contributed by atoms with van der Waals surface area (Å²) in [5.41, 5.74) is 4.23. The summed E-state index contributed by atoms with van der Waals surface area (Å²) in [6, 6.07) is 20.9. The molecule has 0 saturated heterocycles. The molecule has 0 fully saturated rings. The minimum absolute atomic E-state index is 0.0470. The van der Waals surface area contributed by atoms with Crippen molar-refractivity contribution in [1.82, 2.24) is 0 Å². The van der Waals surface area contributed by atoms with Crippen molar-refractivity contribution in [2.45, 2.75) is 38.1 Å². The van der Waals surface area contributed by atoms with Crippen molar-refractivity contribution in [2.24, 2.45) is 0 Å². The fourth-order valence-corrected chi connectivity index (χ4v) is 4.71. The highest BCUT2D eigenvalue weighted by Gasteiger charge is 2.42. The van der Waals surface area contributed by atoms with E-state index in [4.69, 9.17) is 4.42 Å². The highest BCUT2D eigenvalue weighted by Crippen LogP contribution is 2.47. The lowest BCUT2D eigenvalue weighted by Gasteiger charge is -2.33. The number of benzene rings is 2. The molecule has 31 heavy (non-hydrogen) atoms. The van der Waals surface area contributed by atoms with Crippen molar-refractivity contribution in [1.29, 1.82) is 0 Å². The zero-order valence-electron chi connectivity index (χ0n) is 17.4. The molecule has 0 spiro atoms. The van der Waals surface area contributed by atoms with Crippen LogP contribution >= 0.6 is 0 Å².